The summed E-state index contributed by atoms with van der Waals surface area (Å²) < 4.78 is 10.00. The van der Waals surface area contributed by atoms with Crippen LogP contribution in [0.15, 0.2) is 24.5 Å². The van der Waals surface area contributed by atoms with Gasteiger partial charge in [0.05, 0.1) is 12.9 Å². The molecule has 1 unspecified atom stereocenters. The third-order valence-electron chi connectivity index (χ3n) is 1.10. The molecule has 0 aliphatic carbocycles. The highest BCUT2D eigenvalue weighted by Crippen LogP contribution is 2.01. The average Bonchev–Trinajstić information content (AvgIpc) is 1.91. The van der Waals surface area contributed by atoms with E-state index in [0.717, 1.165) is 0 Å². The zero-order valence-corrected chi connectivity index (χ0v) is 5.41. The molecule has 50 valence electrons. The van der Waals surface area contributed by atoms with Gasteiger partial charge in [0, 0.05) is 7.11 Å². The summed E-state index contributed by atoms with van der Waals surface area (Å²) in [7, 11) is 1.66. The summed E-state index contributed by atoms with van der Waals surface area (Å²) >= 11 is 0. The van der Waals surface area contributed by atoms with Crippen molar-refractivity contribution < 1.29 is 9.47 Å². The molecule has 0 spiro atoms. The lowest BCUT2D eigenvalue weighted by Crippen LogP contribution is -2.14. The van der Waals surface area contributed by atoms with Crippen LogP contribution in [0.2, 0.25) is 0 Å². The first-order chi connectivity index (χ1) is 4.43. The minimum absolute atomic E-state index is 0.111. The van der Waals surface area contributed by atoms with Crippen LogP contribution in [0.1, 0.15) is 0 Å². The second kappa shape index (κ2) is 3.30. The summed E-state index contributed by atoms with van der Waals surface area (Å²) in [6, 6.07) is 0. The second-order valence-electron chi connectivity index (χ2n) is 1.84. The van der Waals surface area contributed by atoms with Crippen LogP contribution in [0.4, 0.5) is 0 Å². The first kappa shape index (κ1) is 6.36. The predicted molar refractivity (Wildman–Crippen MR) is 35.0 cm³/mol. The number of ether oxygens (including phenoxy) is 2. The Hall–Kier alpha value is -0.760. The van der Waals surface area contributed by atoms with Crippen LogP contribution in [0.5, 0.6) is 0 Å². The summed E-state index contributed by atoms with van der Waals surface area (Å²) in [5, 5.41) is 0. The van der Waals surface area contributed by atoms with E-state index in [1.54, 1.807) is 13.4 Å². The van der Waals surface area contributed by atoms with Gasteiger partial charge in [-0.25, -0.2) is 0 Å². The minimum Gasteiger partial charge on any atom is -0.492 e. The van der Waals surface area contributed by atoms with Gasteiger partial charge in [0.25, 0.3) is 0 Å². The molecule has 9 heavy (non-hydrogen) atoms. The van der Waals surface area contributed by atoms with Crippen LogP contribution in [-0.4, -0.2) is 19.8 Å². The van der Waals surface area contributed by atoms with E-state index in [2.05, 4.69) is 0 Å². The predicted octanol–water partition coefficient (Wildman–Crippen LogP) is 1.10. The monoisotopic (exact) mass is 126 g/mol. The molecule has 0 saturated carbocycles. The van der Waals surface area contributed by atoms with E-state index < -0.39 is 0 Å². The molecular formula is C7H10O2. The summed E-state index contributed by atoms with van der Waals surface area (Å²) in [6.07, 6.45) is 7.55. The van der Waals surface area contributed by atoms with E-state index >= 15 is 0 Å². The van der Waals surface area contributed by atoms with Crippen molar-refractivity contribution in [2.75, 3.05) is 13.7 Å². The number of methoxy groups -OCH3 is 1. The second-order valence-corrected chi connectivity index (χ2v) is 1.84. The van der Waals surface area contributed by atoms with Gasteiger partial charge in [0.15, 0.2) is 0 Å². The Balaban J connectivity index is 2.28. The van der Waals surface area contributed by atoms with Crippen LogP contribution in [0.25, 0.3) is 0 Å². The lowest BCUT2D eigenvalue weighted by atomic mass is 10.3. The van der Waals surface area contributed by atoms with E-state index in [4.69, 9.17) is 9.47 Å². The average molecular weight is 126 g/mol. The number of rotatable bonds is 2. The van der Waals surface area contributed by atoms with Crippen molar-refractivity contribution in [2.45, 2.75) is 6.10 Å². The fraction of sp³-hybridized carbons (Fsp3) is 0.429. The number of hydrogen-bond donors (Lipinski definition) is 0. The first-order valence-electron chi connectivity index (χ1n) is 2.91. The zero-order valence-electron chi connectivity index (χ0n) is 5.41. The van der Waals surface area contributed by atoms with Crippen molar-refractivity contribution >= 4 is 0 Å². The minimum atomic E-state index is 0.111. The Bertz CT molecular complexity index is 127. The van der Waals surface area contributed by atoms with E-state index in [0.29, 0.717) is 6.61 Å². The quantitative estimate of drug-likeness (QED) is 0.551. The third kappa shape index (κ3) is 1.90. The first-order valence-corrected chi connectivity index (χ1v) is 2.91. The van der Waals surface area contributed by atoms with Crippen molar-refractivity contribution in [3.8, 4) is 0 Å². The molecule has 0 amide bonds. The molecule has 0 radical (unpaired) electrons. The topological polar surface area (TPSA) is 18.5 Å². The van der Waals surface area contributed by atoms with Crippen molar-refractivity contribution in [3.05, 3.63) is 24.5 Å². The lowest BCUT2D eigenvalue weighted by Gasteiger charge is -2.12. The Labute approximate surface area is 54.8 Å². The normalized spacial score (nSPS) is 23.9. The molecule has 1 rings (SSSR count). The molecule has 1 aliphatic heterocycles. The molecule has 0 saturated heterocycles. The van der Waals surface area contributed by atoms with Gasteiger partial charge in [-0.05, 0) is 12.2 Å². The molecule has 2 heteroatoms. The maximum atomic E-state index is 5.13. The van der Waals surface area contributed by atoms with Gasteiger partial charge in [-0.2, -0.15) is 0 Å². The van der Waals surface area contributed by atoms with Crippen molar-refractivity contribution in [1.82, 2.24) is 0 Å². The Morgan fingerprint density at radius 2 is 2.44 bits per heavy atom. The summed E-state index contributed by atoms with van der Waals surface area (Å²) in [5.74, 6) is 0. The summed E-state index contributed by atoms with van der Waals surface area (Å²) in [4.78, 5) is 0. The standard InChI is InChI=1S/C7H10O2/c1-8-6-7-4-2-3-5-9-7/h2-5,7H,6H2,1H3. The maximum Gasteiger partial charge on any atom is 0.139 e. The third-order valence-corrected chi connectivity index (χ3v) is 1.10. The van der Waals surface area contributed by atoms with Crippen molar-refractivity contribution in [2.24, 2.45) is 0 Å². The van der Waals surface area contributed by atoms with Crippen LogP contribution >= 0.6 is 0 Å². The molecule has 0 N–H and O–H groups in total. The summed E-state index contributed by atoms with van der Waals surface area (Å²) in [6.45, 7) is 0.626. The highest BCUT2D eigenvalue weighted by atomic mass is 16.5. The molecule has 1 atom stereocenters. The van der Waals surface area contributed by atoms with Gasteiger partial charge in [0.2, 0.25) is 0 Å². The number of allylic oxidation sites excluding steroid dienone is 2. The lowest BCUT2D eigenvalue weighted by molar-refractivity contribution is 0.0783. The molecular weight excluding hydrogens is 116 g/mol. The van der Waals surface area contributed by atoms with Gasteiger partial charge < -0.3 is 9.47 Å². The Morgan fingerprint density at radius 3 is 3.00 bits per heavy atom. The molecule has 0 aromatic carbocycles. The Morgan fingerprint density at radius 1 is 1.56 bits per heavy atom. The fourth-order valence-corrected chi connectivity index (χ4v) is 0.684. The largest absolute Gasteiger partial charge is 0.492 e. The molecule has 0 aromatic heterocycles. The van der Waals surface area contributed by atoms with Crippen LogP contribution < -0.4 is 0 Å². The van der Waals surface area contributed by atoms with Crippen LogP contribution in [-0.2, 0) is 9.47 Å². The molecule has 2 nitrogen and oxygen atoms in total. The smallest absolute Gasteiger partial charge is 0.139 e. The molecule has 0 bridgehead atoms. The Kier molecular flexibility index (Phi) is 2.33. The highest BCUT2D eigenvalue weighted by molar-refractivity contribution is 5.07. The number of hydrogen-bond acceptors (Lipinski definition) is 2. The molecule has 1 aliphatic rings. The van der Waals surface area contributed by atoms with Gasteiger partial charge in [-0.15, -0.1) is 0 Å². The van der Waals surface area contributed by atoms with Gasteiger partial charge in [-0.1, -0.05) is 6.08 Å². The van der Waals surface area contributed by atoms with Crippen LogP contribution in [0.3, 0.4) is 0 Å². The fourth-order valence-electron chi connectivity index (χ4n) is 0.684. The van der Waals surface area contributed by atoms with Crippen molar-refractivity contribution in [3.63, 3.8) is 0 Å². The van der Waals surface area contributed by atoms with Crippen molar-refractivity contribution in [1.29, 1.82) is 0 Å². The van der Waals surface area contributed by atoms with Gasteiger partial charge in [-0.3, -0.25) is 0 Å². The highest BCUT2D eigenvalue weighted by Gasteiger charge is 2.02. The van der Waals surface area contributed by atoms with Crippen LogP contribution in [0, 0.1) is 0 Å². The maximum absolute atomic E-state index is 5.13. The van der Waals surface area contributed by atoms with Gasteiger partial charge >= 0.3 is 0 Å². The summed E-state index contributed by atoms with van der Waals surface area (Å²) in [5.41, 5.74) is 0. The SMILES string of the molecule is COCC1C=CC=CO1. The van der Waals surface area contributed by atoms with E-state index in [1.165, 1.54) is 0 Å². The molecule has 0 fully saturated rings. The molecule has 0 aromatic rings. The van der Waals surface area contributed by atoms with Gasteiger partial charge in [0.1, 0.15) is 6.10 Å². The zero-order chi connectivity index (χ0) is 6.53. The molecule has 1 heterocycles. The van der Waals surface area contributed by atoms with E-state index in [9.17, 15) is 0 Å². The van der Waals surface area contributed by atoms with E-state index in [1.807, 2.05) is 18.2 Å². The van der Waals surface area contributed by atoms with E-state index in [-0.39, 0.29) is 6.10 Å².